The average molecular weight is 336 g/mol. The minimum absolute atomic E-state index is 0.0417. The summed E-state index contributed by atoms with van der Waals surface area (Å²) in [6, 6.07) is 7.57. The fourth-order valence-electron chi connectivity index (χ4n) is 3.43. The quantitative estimate of drug-likeness (QED) is 0.349. The van der Waals surface area contributed by atoms with Crippen molar-refractivity contribution in [1.29, 1.82) is 0 Å². The zero-order valence-corrected chi connectivity index (χ0v) is 15.0. The van der Waals surface area contributed by atoms with E-state index >= 15 is 0 Å². The largest absolute Gasteiger partial charge is 0.497 e. The summed E-state index contributed by atoms with van der Waals surface area (Å²) < 4.78 is 16.7. The third-order valence-electron chi connectivity index (χ3n) is 4.78. The highest BCUT2D eigenvalue weighted by Crippen LogP contribution is 2.38. The van der Waals surface area contributed by atoms with Crippen LogP contribution in [0.1, 0.15) is 31.9 Å². The third kappa shape index (κ3) is 2.24. The van der Waals surface area contributed by atoms with Crippen molar-refractivity contribution in [1.82, 2.24) is 0 Å². The normalized spacial score (nSPS) is 12.4. The molecule has 0 amide bonds. The van der Waals surface area contributed by atoms with Crippen molar-refractivity contribution in [2.75, 3.05) is 7.11 Å². The monoisotopic (exact) mass is 336 g/mol. The van der Waals surface area contributed by atoms with E-state index in [2.05, 4.69) is 26.8 Å². The first-order chi connectivity index (χ1) is 11.8. The van der Waals surface area contributed by atoms with Gasteiger partial charge in [-0.25, -0.2) is 4.79 Å². The molecule has 0 aliphatic heterocycles. The number of rotatable bonds is 1. The fourth-order valence-corrected chi connectivity index (χ4v) is 3.43. The van der Waals surface area contributed by atoms with Crippen molar-refractivity contribution in [3.63, 3.8) is 0 Å². The molecule has 0 aliphatic carbocycles. The fraction of sp³-hybridized carbons (Fsp3) is 0.286. The predicted molar refractivity (Wildman–Crippen MR) is 99.8 cm³/mol. The minimum atomic E-state index is -0.369. The van der Waals surface area contributed by atoms with Gasteiger partial charge in [-0.3, -0.25) is 0 Å². The van der Waals surface area contributed by atoms with Gasteiger partial charge < -0.3 is 13.6 Å². The van der Waals surface area contributed by atoms with Gasteiger partial charge in [0.15, 0.2) is 0 Å². The second-order valence-electron chi connectivity index (χ2n) is 7.46. The molecule has 0 atom stereocenters. The molecule has 4 rings (SSSR count). The van der Waals surface area contributed by atoms with E-state index in [1.54, 1.807) is 19.4 Å². The van der Waals surface area contributed by atoms with Gasteiger partial charge in [0.25, 0.3) is 0 Å². The SMILES string of the molecule is COc1ccc2c(c1)c(=O)oc1c(C)c3occ(C(C)(C)C)c3cc12. The van der Waals surface area contributed by atoms with Gasteiger partial charge >= 0.3 is 5.63 Å². The van der Waals surface area contributed by atoms with Crippen LogP contribution < -0.4 is 10.4 Å². The van der Waals surface area contributed by atoms with Crippen molar-refractivity contribution in [3.8, 4) is 5.75 Å². The first-order valence-corrected chi connectivity index (χ1v) is 8.27. The van der Waals surface area contributed by atoms with Gasteiger partial charge in [0.1, 0.15) is 16.9 Å². The molecule has 25 heavy (non-hydrogen) atoms. The molecule has 0 bridgehead atoms. The Hall–Kier alpha value is -2.75. The first kappa shape index (κ1) is 15.8. The van der Waals surface area contributed by atoms with Crippen LogP contribution in [-0.4, -0.2) is 7.11 Å². The van der Waals surface area contributed by atoms with E-state index < -0.39 is 0 Å². The van der Waals surface area contributed by atoms with Crippen molar-refractivity contribution in [2.24, 2.45) is 0 Å². The van der Waals surface area contributed by atoms with Crippen LogP contribution in [0.25, 0.3) is 32.7 Å². The van der Waals surface area contributed by atoms with Crippen LogP contribution in [0.4, 0.5) is 0 Å². The third-order valence-corrected chi connectivity index (χ3v) is 4.78. The molecule has 128 valence electrons. The Balaban J connectivity index is 2.22. The Morgan fingerprint density at radius 1 is 0.960 bits per heavy atom. The number of hydrogen-bond donors (Lipinski definition) is 0. The maximum absolute atomic E-state index is 12.5. The Morgan fingerprint density at radius 3 is 2.40 bits per heavy atom. The Labute approximate surface area is 145 Å². The lowest BCUT2D eigenvalue weighted by Gasteiger charge is -2.17. The first-order valence-electron chi connectivity index (χ1n) is 8.27. The second kappa shape index (κ2) is 5.12. The molecule has 0 saturated carbocycles. The maximum atomic E-state index is 12.5. The van der Waals surface area contributed by atoms with Crippen LogP contribution in [0.3, 0.4) is 0 Å². The van der Waals surface area contributed by atoms with Crippen molar-refractivity contribution >= 4 is 32.7 Å². The van der Waals surface area contributed by atoms with E-state index in [1.807, 2.05) is 19.1 Å². The highest BCUT2D eigenvalue weighted by molar-refractivity contribution is 6.11. The number of methoxy groups -OCH3 is 1. The van der Waals surface area contributed by atoms with Gasteiger partial charge in [0, 0.05) is 27.3 Å². The number of ether oxygens (including phenoxy) is 1. The lowest BCUT2D eigenvalue weighted by Crippen LogP contribution is -2.10. The van der Waals surface area contributed by atoms with Gasteiger partial charge in [0.2, 0.25) is 0 Å². The van der Waals surface area contributed by atoms with Gasteiger partial charge in [-0.15, -0.1) is 0 Å². The average Bonchev–Trinajstić information content (AvgIpc) is 3.00. The van der Waals surface area contributed by atoms with E-state index in [9.17, 15) is 4.79 Å². The number of aryl methyl sites for hydroxylation is 1. The topological polar surface area (TPSA) is 52.6 Å². The second-order valence-corrected chi connectivity index (χ2v) is 7.46. The lowest BCUT2D eigenvalue weighted by molar-refractivity contribution is 0.415. The number of hydrogen-bond acceptors (Lipinski definition) is 4. The molecule has 0 N–H and O–H groups in total. The molecule has 0 radical (unpaired) electrons. The molecule has 0 saturated heterocycles. The summed E-state index contributed by atoms with van der Waals surface area (Å²) in [6.07, 6.45) is 1.81. The zero-order chi connectivity index (χ0) is 17.9. The Kier molecular flexibility index (Phi) is 3.23. The summed E-state index contributed by atoms with van der Waals surface area (Å²) in [5.41, 5.74) is 2.92. The highest BCUT2D eigenvalue weighted by atomic mass is 16.5. The smallest absolute Gasteiger partial charge is 0.344 e. The molecule has 4 nitrogen and oxygen atoms in total. The van der Waals surface area contributed by atoms with Crippen molar-refractivity contribution in [2.45, 2.75) is 33.1 Å². The predicted octanol–water partition coefficient (Wildman–Crippen LogP) is 5.31. The molecule has 2 aromatic heterocycles. The molecule has 2 aromatic carbocycles. The molecule has 0 spiro atoms. The molecule has 4 heteroatoms. The van der Waals surface area contributed by atoms with Gasteiger partial charge in [0.05, 0.1) is 18.8 Å². The molecule has 2 heterocycles. The summed E-state index contributed by atoms with van der Waals surface area (Å²) in [6.45, 7) is 8.40. The number of furan rings is 1. The molecule has 0 aliphatic rings. The van der Waals surface area contributed by atoms with Crippen LogP contribution in [0.15, 0.2) is 44.2 Å². The van der Waals surface area contributed by atoms with Crippen LogP contribution in [0.5, 0.6) is 5.75 Å². The van der Waals surface area contributed by atoms with Gasteiger partial charge in [-0.1, -0.05) is 20.8 Å². The molecule has 4 aromatic rings. The molecular formula is C21H20O4. The Morgan fingerprint density at radius 2 is 1.72 bits per heavy atom. The van der Waals surface area contributed by atoms with E-state index in [0.29, 0.717) is 16.7 Å². The van der Waals surface area contributed by atoms with Crippen LogP contribution in [0, 0.1) is 6.92 Å². The van der Waals surface area contributed by atoms with Crippen molar-refractivity contribution < 1.29 is 13.6 Å². The lowest BCUT2D eigenvalue weighted by atomic mass is 9.86. The van der Waals surface area contributed by atoms with E-state index in [4.69, 9.17) is 13.6 Å². The summed E-state index contributed by atoms with van der Waals surface area (Å²) in [5, 5.41) is 3.35. The van der Waals surface area contributed by atoms with E-state index in [1.165, 1.54) is 0 Å². The number of benzene rings is 2. The minimum Gasteiger partial charge on any atom is -0.497 e. The number of fused-ring (bicyclic) bond motifs is 4. The highest BCUT2D eigenvalue weighted by Gasteiger charge is 2.23. The summed E-state index contributed by atoms with van der Waals surface area (Å²) in [4.78, 5) is 12.5. The maximum Gasteiger partial charge on any atom is 0.344 e. The molecule has 0 unspecified atom stereocenters. The van der Waals surface area contributed by atoms with Crippen LogP contribution >= 0.6 is 0 Å². The van der Waals surface area contributed by atoms with Gasteiger partial charge in [-0.05, 0) is 36.6 Å². The molecular weight excluding hydrogens is 316 g/mol. The van der Waals surface area contributed by atoms with Gasteiger partial charge in [-0.2, -0.15) is 0 Å². The zero-order valence-electron chi connectivity index (χ0n) is 15.0. The van der Waals surface area contributed by atoms with Crippen LogP contribution in [0.2, 0.25) is 0 Å². The summed E-state index contributed by atoms with van der Waals surface area (Å²) >= 11 is 0. The standard InChI is InChI=1S/C21H20O4/c1-11-18-16(17(10-24-18)21(2,3)4)9-14-13-7-6-12(23-5)8-15(13)20(22)25-19(11)14/h6-10H,1-5H3. The Bertz CT molecular complexity index is 1190. The van der Waals surface area contributed by atoms with E-state index in [0.717, 1.165) is 32.9 Å². The van der Waals surface area contributed by atoms with Crippen molar-refractivity contribution in [3.05, 3.63) is 52.1 Å². The summed E-state index contributed by atoms with van der Waals surface area (Å²) in [5.74, 6) is 0.635. The van der Waals surface area contributed by atoms with Crippen LogP contribution in [-0.2, 0) is 5.41 Å². The molecule has 0 fully saturated rings. The van der Waals surface area contributed by atoms with E-state index in [-0.39, 0.29) is 11.0 Å². The summed E-state index contributed by atoms with van der Waals surface area (Å²) in [7, 11) is 1.58.